The maximum Gasteiger partial charge on any atom is 0.147 e. The number of hydroxylamine groups is 1. The molecule has 0 saturated heterocycles. The van der Waals surface area contributed by atoms with Gasteiger partial charge in [-0.05, 0) is 42.7 Å². The van der Waals surface area contributed by atoms with Crippen LogP contribution in [0.3, 0.4) is 0 Å². The van der Waals surface area contributed by atoms with Gasteiger partial charge in [0, 0.05) is 10.0 Å². The topological polar surface area (TPSA) is 29.5 Å². The highest BCUT2D eigenvalue weighted by atomic mass is 79.9. The summed E-state index contributed by atoms with van der Waals surface area (Å²) in [6, 6.07) is 8.00. The molecule has 114 valence electrons. The molecule has 0 aliphatic carbocycles. The molecule has 1 heterocycles. The number of carbonyl (C=O) groups is 1. The lowest BCUT2D eigenvalue weighted by Gasteiger charge is -2.40. The molecule has 1 aromatic carbocycles. The van der Waals surface area contributed by atoms with Crippen LogP contribution in [0.15, 0.2) is 40.4 Å². The Morgan fingerprint density at radius 3 is 2.52 bits per heavy atom. The van der Waals surface area contributed by atoms with Crippen LogP contribution in [-0.4, -0.2) is 18.4 Å². The second-order valence-electron chi connectivity index (χ2n) is 5.71. The van der Waals surface area contributed by atoms with Gasteiger partial charge in [-0.25, -0.2) is 5.06 Å². The van der Waals surface area contributed by atoms with Crippen LogP contribution in [0, 0.1) is 5.92 Å². The first-order valence-electron chi connectivity index (χ1n) is 7.45. The van der Waals surface area contributed by atoms with Crippen molar-refractivity contribution in [1.29, 1.82) is 0 Å². The van der Waals surface area contributed by atoms with E-state index in [-0.39, 0.29) is 12.1 Å². The Hall–Kier alpha value is -1.13. The molecule has 21 heavy (non-hydrogen) atoms. The van der Waals surface area contributed by atoms with Crippen LogP contribution in [-0.2, 0) is 9.63 Å². The Kier molecular flexibility index (Phi) is 5.59. The van der Waals surface area contributed by atoms with Crippen molar-refractivity contribution in [3.8, 4) is 0 Å². The molecule has 2 atom stereocenters. The lowest BCUT2D eigenvalue weighted by molar-refractivity contribution is -0.106. The summed E-state index contributed by atoms with van der Waals surface area (Å²) in [5.41, 5.74) is 1.81. The minimum Gasteiger partial charge on any atom is -0.298 e. The summed E-state index contributed by atoms with van der Waals surface area (Å²) in [7, 11) is 0. The third-order valence-electron chi connectivity index (χ3n) is 3.70. The van der Waals surface area contributed by atoms with Crippen LogP contribution >= 0.6 is 15.9 Å². The highest BCUT2D eigenvalue weighted by molar-refractivity contribution is 9.10. The number of carbonyl (C=O) groups excluding carboxylic acids is 1. The summed E-state index contributed by atoms with van der Waals surface area (Å²) in [6.07, 6.45) is 4.78. The monoisotopic (exact) mass is 351 g/mol. The molecule has 0 unspecified atom stereocenters. The molecule has 1 aliphatic heterocycles. The van der Waals surface area contributed by atoms with Crippen LogP contribution in [0.4, 0.5) is 5.69 Å². The van der Waals surface area contributed by atoms with E-state index >= 15 is 0 Å². The SMILES string of the molecule is CCC[C@@H]1C(C=O)=C[C@@H](C(C)C)ON1c1ccc(Br)cc1. The number of aldehydes is 1. The fourth-order valence-corrected chi connectivity index (χ4v) is 2.75. The summed E-state index contributed by atoms with van der Waals surface area (Å²) in [5, 5.41) is 1.91. The van der Waals surface area contributed by atoms with Gasteiger partial charge in [0.1, 0.15) is 12.4 Å². The summed E-state index contributed by atoms with van der Waals surface area (Å²) in [4.78, 5) is 17.6. The molecule has 0 radical (unpaired) electrons. The van der Waals surface area contributed by atoms with E-state index in [4.69, 9.17) is 4.84 Å². The molecule has 2 rings (SSSR count). The largest absolute Gasteiger partial charge is 0.298 e. The van der Waals surface area contributed by atoms with Gasteiger partial charge in [-0.2, -0.15) is 0 Å². The summed E-state index contributed by atoms with van der Waals surface area (Å²) >= 11 is 3.45. The Morgan fingerprint density at radius 2 is 2.00 bits per heavy atom. The van der Waals surface area contributed by atoms with Crippen molar-refractivity contribution < 1.29 is 9.63 Å². The zero-order chi connectivity index (χ0) is 15.4. The zero-order valence-electron chi connectivity index (χ0n) is 12.8. The van der Waals surface area contributed by atoms with Gasteiger partial charge in [0.25, 0.3) is 0 Å². The lowest BCUT2D eigenvalue weighted by atomic mass is 9.96. The van der Waals surface area contributed by atoms with E-state index < -0.39 is 0 Å². The van der Waals surface area contributed by atoms with Crippen LogP contribution in [0.2, 0.25) is 0 Å². The Morgan fingerprint density at radius 1 is 1.33 bits per heavy atom. The molecule has 0 amide bonds. The first kappa shape index (κ1) is 16.2. The third-order valence-corrected chi connectivity index (χ3v) is 4.22. The maximum absolute atomic E-state index is 11.5. The van der Waals surface area contributed by atoms with Gasteiger partial charge in [-0.1, -0.05) is 43.1 Å². The number of hydrogen-bond donors (Lipinski definition) is 0. The third kappa shape index (κ3) is 3.74. The van der Waals surface area contributed by atoms with Crippen LogP contribution in [0.1, 0.15) is 33.6 Å². The Bertz CT molecular complexity index is 510. The van der Waals surface area contributed by atoms with Crippen molar-refractivity contribution in [2.45, 2.75) is 45.8 Å². The van der Waals surface area contributed by atoms with E-state index in [1.165, 1.54) is 0 Å². The van der Waals surface area contributed by atoms with Crippen LogP contribution in [0.25, 0.3) is 0 Å². The lowest BCUT2D eigenvalue weighted by Crippen LogP contribution is -2.45. The van der Waals surface area contributed by atoms with E-state index in [0.717, 1.165) is 34.9 Å². The fourth-order valence-electron chi connectivity index (χ4n) is 2.49. The number of hydrogen-bond acceptors (Lipinski definition) is 3. The van der Waals surface area contributed by atoms with Gasteiger partial charge in [0.15, 0.2) is 0 Å². The van der Waals surface area contributed by atoms with Gasteiger partial charge >= 0.3 is 0 Å². The molecule has 0 N–H and O–H groups in total. The number of nitrogens with zero attached hydrogens (tertiary/aromatic N) is 1. The van der Waals surface area contributed by atoms with Crippen molar-refractivity contribution in [1.82, 2.24) is 0 Å². The number of halogens is 1. The molecular weight excluding hydrogens is 330 g/mol. The predicted octanol–water partition coefficient (Wildman–Crippen LogP) is 4.52. The Labute approximate surface area is 135 Å². The van der Waals surface area contributed by atoms with Crippen molar-refractivity contribution in [3.63, 3.8) is 0 Å². The van der Waals surface area contributed by atoms with Crippen molar-refractivity contribution in [3.05, 3.63) is 40.4 Å². The second kappa shape index (κ2) is 7.23. The van der Waals surface area contributed by atoms with E-state index in [1.807, 2.05) is 35.4 Å². The molecule has 0 spiro atoms. The summed E-state index contributed by atoms with van der Waals surface area (Å²) < 4.78 is 1.03. The average Bonchev–Trinajstić information content (AvgIpc) is 2.48. The molecule has 4 heteroatoms. The molecule has 3 nitrogen and oxygen atoms in total. The second-order valence-corrected chi connectivity index (χ2v) is 6.62. The number of rotatable bonds is 5. The molecule has 0 fully saturated rings. The number of anilines is 1. The summed E-state index contributed by atoms with van der Waals surface area (Å²) in [6.45, 7) is 6.32. The molecule has 0 bridgehead atoms. The van der Waals surface area contributed by atoms with Gasteiger partial charge < -0.3 is 0 Å². The van der Waals surface area contributed by atoms with Crippen LogP contribution < -0.4 is 5.06 Å². The van der Waals surface area contributed by atoms with E-state index in [9.17, 15) is 4.79 Å². The maximum atomic E-state index is 11.5. The van der Waals surface area contributed by atoms with Gasteiger partial charge in [-0.15, -0.1) is 0 Å². The zero-order valence-corrected chi connectivity index (χ0v) is 14.3. The number of benzene rings is 1. The minimum absolute atomic E-state index is 0.0105. The van der Waals surface area contributed by atoms with E-state index in [0.29, 0.717) is 5.92 Å². The standard InChI is InChI=1S/C17H22BrNO2/c1-4-5-16-13(11-20)10-17(12(2)3)21-19(16)15-8-6-14(18)7-9-15/h6-12,16-17H,4-5H2,1-3H3/t16-,17+/m1/s1. The van der Waals surface area contributed by atoms with E-state index in [1.54, 1.807) is 0 Å². The summed E-state index contributed by atoms with van der Waals surface area (Å²) in [5.74, 6) is 0.320. The average molecular weight is 352 g/mol. The Balaban J connectivity index is 2.38. The fraction of sp³-hybridized carbons (Fsp3) is 0.471. The molecule has 1 aromatic rings. The minimum atomic E-state index is -0.0676. The normalized spacial score (nSPS) is 22.3. The highest BCUT2D eigenvalue weighted by Gasteiger charge is 2.31. The molecule has 1 aliphatic rings. The van der Waals surface area contributed by atoms with Crippen molar-refractivity contribution in [2.24, 2.45) is 5.92 Å². The molecular formula is C17H22BrNO2. The van der Waals surface area contributed by atoms with Gasteiger partial charge in [0.05, 0.1) is 11.7 Å². The van der Waals surface area contributed by atoms with Crippen molar-refractivity contribution >= 4 is 27.9 Å². The molecule has 0 aromatic heterocycles. The van der Waals surface area contributed by atoms with E-state index in [2.05, 4.69) is 36.7 Å². The first-order valence-corrected chi connectivity index (χ1v) is 8.24. The molecule has 0 saturated carbocycles. The first-order chi connectivity index (χ1) is 10.1. The predicted molar refractivity (Wildman–Crippen MR) is 89.2 cm³/mol. The van der Waals surface area contributed by atoms with Crippen molar-refractivity contribution in [2.75, 3.05) is 5.06 Å². The smallest absolute Gasteiger partial charge is 0.147 e. The van der Waals surface area contributed by atoms with Crippen LogP contribution in [0.5, 0.6) is 0 Å². The highest BCUT2D eigenvalue weighted by Crippen LogP contribution is 2.31. The quantitative estimate of drug-likeness (QED) is 0.730. The van der Waals surface area contributed by atoms with Gasteiger partial charge in [-0.3, -0.25) is 9.63 Å². The van der Waals surface area contributed by atoms with Gasteiger partial charge in [0.2, 0.25) is 0 Å².